The average molecular weight is 370 g/mol. The predicted octanol–water partition coefficient (Wildman–Crippen LogP) is 1.97. The fourth-order valence-corrected chi connectivity index (χ4v) is 2.15. The van der Waals surface area contributed by atoms with Gasteiger partial charge in [-0.2, -0.15) is 0 Å². The van der Waals surface area contributed by atoms with Crippen molar-refractivity contribution in [1.29, 1.82) is 0 Å². The Bertz CT molecular complexity index is 552. The summed E-state index contributed by atoms with van der Waals surface area (Å²) in [5.41, 5.74) is 0.566. The normalized spacial score (nSPS) is 12.0. The number of urea groups is 1. The molecule has 8 heteroatoms. The van der Waals surface area contributed by atoms with E-state index in [1.54, 1.807) is 32.4 Å². The molecule has 0 fully saturated rings. The van der Waals surface area contributed by atoms with Gasteiger partial charge in [-0.3, -0.25) is 0 Å². The number of rotatable bonds is 11. The quantitative estimate of drug-likeness (QED) is 0.579. The number of likely N-dealkylation sites (N-methyl/N-ethyl adjacent to an activating group) is 1. The van der Waals surface area contributed by atoms with Crippen LogP contribution in [0.1, 0.15) is 13.8 Å². The first-order valence-electron chi connectivity index (χ1n) is 8.49. The van der Waals surface area contributed by atoms with Gasteiger partial charge in [0.05, 0.1) is 52.8 Å². The number of nitrogens with one attached hydrogen (secondary N) is 1. The minimum Gasteiger partial charge on any atom is -0.493 e. The molecule has 0 saturated heterocycles. The molecule has 1 rings (SSSR count). The van der Waals surface area contributed by atoms with E-state index in [9.17, 15) is 9.90 Å². The highest BCUT2D eigenvalue weighted by Crippen LogP contribution is 2.29. The van der Waals surface area contributed by atoms with E-state index in [1.165, 1.54) is 12.0 Å². The Morgan fingerprint density at radius 1 is 1.19 bits per heavy atom. The third-order valence-electron chi connectivity index (χ3n) is 3.46. The topological polar surface area (TPSA) is 89.5 Å². The van der Waals surface area contributed by atoms with E-state index >= 15 is 0 Å². The fourth-order valence-electron chi connectivity index (χ4n) is 2.15. The predicted molar refractivity (Wildman–Crippen MR) is 99.1 cm³/mol. The monoisotopic (exact) mass is 370 g/mol. The van der Waals surface area contributed by atoms with E-state index < -0.39 is 6.10 Å². The van der Waals surface area contributed by atoms with Crippen LogP contribution >= 0.6 is 0 Å². The number of benzene rings is 1. The largest absolute Gasteiger partial charge is 0.493 e. The molecule has 0 heterocycles. The number of methoxy groups -OCH3 is 2. The molecule has 8 nitrogen and oxygen atoms in total. The van der Waals surface area contributed by atoms with Crippen LogP contribution in [0.15, 0.2) is 18.2 Å². The third kappa shape index (κ3) is 7.90. The van der Waals surface area contributed by atoms with Crippen LogP contribution in [0, 0.1) is 0 Å². The number of carbonyl (C=O) groups excluding carboxylic acids is 1. The van der Waals surface area contributed by atoms with Crippen molar-refractivity contribution in [3.63, 3.8) is 0 Å². The van der Waals surface area contributed by atoms with Gasteiger partial charge < -0.3 is 34.3 Å². The summed E-state index contributed by atoms with van der Waals surface area (Å²) in [7, 11) is 4.67. The van der Waals surface area contributed by atoms with Crippen LogP contribution in [0.5, 0.6) is 11.5 Å². The molecule has 0 aromatic heterocycles. The van der Waals surface area contributed by atoms with Crippen molar-refractivity contribution in [3.05, 3.63) is 18.2 Å². The summed E-state index contributed by atoms with van der Waals surface area (Å²) in [4.78, 5) is 13.6. The van der Waals surface area contributed by atoms with Crippen LogP contribution in [0.25, 0.3) is 0 Å². The molecule has 0 saturated carbocycles. The summed E-state index contributed by atoms with van der Waals surface area (Å²) in [6.07, 6.45) is -0.634. The molecule has 0 aliphatic heterocycles. The van der Waals surface area contributed by atoms with Crippen molar-refractivity contribution in [3.8, 4) is 11.5 Å². The number of amides is 2. The number of anilines is 1. The van der Waals surface area contributed by atoms with Gasteiger partial charge in [-0.25, -0.2) is 4.79 Å². The molecule has 2 amide bonds. The van der Waals surface area contributed by atoms with Crippen molar-refractivity contribution in [2.45, 2.75) is 26.1 Å². The lowest BCUT2D eigenvalue weighted by atomic mass is 10.2. The second-order valence-corrected chi connectivity index (χ2v) is 6.03. The number of ether oxygens (including phenoxy) is 4. The molecular weight excluding hydrogens is 340 g/mol. The summed E-state index contributed by atoms with van der Waals surface area (Å²) in [5, 5.41) is 12.7. The van der Waals surface area contributed by atoms with Gasteiger partial charge in [-0.1, -0.05) is 0 Å². The molecular formula is C18H30N2O6. The molecule has 2 N–H and O–H groups in total. The van der Waals surface area contributed by atoms with E-state index in [0.717, 1.165) is 0 Å². The van der Waals surface area contributed by atoms with Crippen molar-refractivity contribution in [2.24, 2.45) is 0 Å². The van der Waals surface area contributed by atoms with E-state index in [1.807, 2.05) is 13.8 Å². The Hall–Kier alpha value is -2.03. The number of hydrogen-bond acceptors (Lipinski definition) is 6. The van der Waals surface area contributed by atoms with Crippen molar-refractivity contribution in [1.82, 2.24) is 4.90 Å². The zero-order valence-electron chi connectivity index (χ0n) is 16.2. The zero-order chi connectivity index (χ0) is 19.5. The highest BCUT2D eigenvalue weighted by atomic mass is 16.5. The van der Waals surface area contributed by atoms with Gasteiger partial charge in [0.1, 0.15) is 0 Å². The number of aliphatic hydroxyl groups excluding tert-OH is 1. The maximum atomic E-state index is 12.2. The van der Waals surface area contributed by atoms with Gasteiger partial charge in [0.25, 0.3) is 0 Å². The molecule has 0 spiro atoms. The first-order chi connectivity index (χ1) is 12.4. The summed E-state index contributed by atoms with van der Waals surface area (Å²) < 4.78 is 21.0. The Kier molecular flexibility index (Phi) is 9.79. The number of carbonyl (C=O) groups is 1. The Balaban J connectivity index is 2.40. The first-order valence-corrected chi connectivity index (χ1v) is 8.49. The molecule has 1 aromatic carbocycles. The summed E-state index contributed by atoms with van der Waals surface area (Å²) in [6, 6.07) is 4.73. The van der Waals surface area contributed by atoms with Crippen LogP contribution in [-0.4, -0.2) is 75.9 Å². The van der Waals surface area contributed by atoms with Gasteiger partial charge in [0, 0.05) is 18.8 Å². The third-order valence-corrected chi connectivity index (χ3v) is 3.46. The molecule has 1 atom stereocenters. The molecule has 26 heavy (non-hydrogen) atoms. The van der Waals surface area contributed by atoms with Crippen molar-refractivity contribution in [2.75, 3.05) is 52.9 Å². The Morgan fingerprint density at radius 2 is 1.88 bits per heavy atom. The van der Waals surface area contributed by atoms with Crippen LogP contribution in [0.3, 0.4) is 0 Å². The molecule has 0 aliphatic carbocycles. The van der Waals surface area contributed by atoms with E-state index in [2.05, 4.69) is 5.32 Å². The number of hydrogen-bond donors (Lipinski definition) is 2. The van der Waals surface area contributed by atoms with Gasteiger partial charge >= 0.3 is 6.03 Å². The summed E-state index contributed by atoms with van der Waals surface area (Å²) in [6.45, 7) is 5.04. The van der Waals surface area contributed by atoms with Gasteiger partial charge in [0.2, 0.25) is 0 Å². The molecule has 1 aromatic rings. The lowest BCUT2D eigenvalue weighted by Gasteiger charge is -2.21. The standard InChI is InChI=1S/C18H30N2O6/c1-13(2)26-9-8-25-12-15(21)11-20(3)18(22)19-14-6-7-16(23-4)17(10-14)24-5/h6-7,10,13,15,21H,8-9,11-12H2,1-5H3,(H,19,22). The molecule has 0 bridgehead atoms. The van der Waals surface area contributed by atoms with E-state index in [-0.39, 0.29) is 25.3 Å². The Labute approximate surface area is 155 Å². The second kappa shape index (κ2) is 11.6. The number of aliphatic hydroxyl groups is 1. The SMILES string of the molecule is COc1ccc(NC(=O)N(C)CC(O)COCCOC(C)C)cc1OC. The van der Waals surface area contributed by atoms with Crippen LogP contribution < -0.4 is 14.8 Å². The van der Waals surface area contributed by atoms with E-state index in [0.29, 0.717) is 30.4 Å². The maximum absolute atomic E-state index is 12.2. The molecule has 148 valence electrons. The van der Waals surface area contributed by atoms with Gasteiger partial charge in [-0.15, -0.1) is 0 Å². The second-order valence-electron chi connectivity index (χ2n) is 6.03. The minimum absolute atomic E-state index is 0.134. The lowest BCUT2D eigenvalue weighted by Crippen LogP contribution is -2.39. The van der Waals surface area contributed by atoms with Crippen LogP contribution in [-0.2, 0) is 9.47 Å². The first kappa shape index (κ1) is 22.0. The van der Waals surface area contributed by atoms with Crippen LogP contribution in [0.2, 0.25) is 0 Å². The highest BCUT2D eigenvalue weighted by molar-refractivity contribution is 5.89. The maximum Gasteiger partial charge on any atom is 0.321 e. The fraction of sp³-hybridized carbons (Fsp3) is 0.611. The minimum atomic E-state index is -0.782. The lowest BCUT2D eigenvalue weighted by molar-refractivity contribution is -0.0144. The van der Waals surface area contributed by atoms with E-state index in [4.69, 9.17) is 18.9 Å². The van der Waals surface area contributed by atoms with Gasteiger partial charge in [0.15, 0.2) is 11.5 Å². The molecule has 0 aliphatic rings. The molecule has 1 unspecified atom stereocenters. The average Bonchev–Trinajstić information content (AvgIpc) is 2.60. The smallest absolute Gasteiger partial charge is 0.321 e. The van der Waals surface area contributed by atoms with Crippen molar-refractivity contribution >= 4 is 11.7 Å². The highest BCUT2D eigenvalue weighted by Gasteiger charge is 2.15. The Morgan fingerprint density at radius 3 is 2.50 bits per heavy atom. The molecule has 0 radical (unpaired) electrons. The van der Waals surface area contributed by atoms with Gasteiger partial charge in [-0.05, 0) is 26.0 Å². The van der Waals surface area contributed by atoms with Crippen LogP contribution in [0.4, 0.5) is 10.5 Å². The number of nitrogens with zero attached hydrogens (tertiary/aromatic N) is 1. The van der Waals surface area contributed by atoms with Crippen molar-refractivity contribution < 1.29 is 28.8 Å². The summed E-state index contributed by atoms with van der Waals surface area (Å²) in [5.74, 6) is 1.10. The summed E-state index contributed by atoms with van der Waals surface area (Å²) >= 11 is 0. The zero-order valence-corrected chi connectivity index (χ0v) is 16.2.